The Bertz CT molecular complexity index is 752. The quantitative estimate of drug-likeness (QED) is 0.766. The Morgan fingerprint density at radius 1 is 1.35 bits per heavy atom. The van der Waals surface area contributed by atoms with E-state index < -0.39 is 0 Å². The second kappa shape index (κ2) is 4.33. The standard InChI is InChI=1S/C14H16N6/c1-9-7-13(18-17-9)16-14-12-8-11(10-3-2-4-10)19-20(12)6-5-15-14/h5-8,10H,2-4H2,1H3,(H2,15,16,17,18). The van der Waals surface area contributed by atoms with Crippen LogP contribution >= 0.6 is 0 Å². The SMILES string of the molecule is Cc1cc(Nc2nccn3nc(C4CCC4)cc23)n[nH]1. The molecule has 3 aromatic rings. The summed E-state index contributed by atoms with van der Waals surface area (Å²) >= 11 is 0. The highest BCUT2D eigenvalue weighted by Gasteiger charge is 2.23. The van der Waals surface area contributed by atoms with E-state index in [9.17, 15) is 0 Å². The van der Waals surface area contributed by atoms with Crippen molar-refractivity contribution in [1.82, 2.24) is 24.8 Å². The van der Waals surface area contributed by atoms with E-state index in [0.717, 1.165) is 22.8 Å². The molecule has 3 heterocycles. The molecule has 0 aliphatic heterocycles. The average Bonchev–Trinajstić information content (AvgIpc) is 2.94. The topological polar surface area (TPSA) is 70.9 Å². The average molecular weight is 268 g/mol. The Balaban J connectivity index is 1.72. The van der Waals surface area contributed by atoms with Crippen molar-refractivity contribution < 1.29 is 0 Å². The second-order valence-electron chi connectivity index (χ2n) is 5.36. The first-order valence-electron chi connectivity index (χ1n) is 6.93. The van der Waals surface area contributed by atoms with Crippen LogP contribution in [0.25, 0.3) is 5.52 Å². The van der Waals surface area contributed by atoms with Gasteiger partial charge in [-0.15, -0.1) is 0 Å². The van der Waals surface area contributed by atoms with E-state index in [1.165, 1.54) is 25.0 Å². The highest BCUT2D eigenvalue weighted by atomic mass is 15.3. The minimum atomic E-state index is 0.621. The smallest absolute Gasteiger partial charge is 0.157 e. The van der Waals surface area contributed by atoms with E-state index in [2.05, 4.69) is 31.7 Å². The largest absolute Gasteiger partial charge is 0.322 e. The van der Waals surface area contributed by atoms with E-state index in [0.29, 0.717) is 5.92 Å². The number of aryl methyl sites for hydroxylation is 1. The third-order valence-corrected chi connectivity index (χ3v) is 3.88. The van der Waals surface area contributed by atoms with Crippen LogP contribution in [0.4, 0.5) is 11.6 Å². The molecule has 4 rings (SSSR count). The van der Waals surface area contributed by atoms with E-state index in [1.807, 2.05) is 23.7 Å². The van der Waals surface area contributed by atoms with E-state index in [1.54, 1.807) is 6.20 Å². The Morgan fingerprint density at radius 3 is 2.95 bits per heavy atom. The minimum Gasteiger partial charge on any atom is -0.322 e. The minimum absolute atomic E-state index is 0.621. The molecule has 0 unspecified atom stereocenters. The van der Waals surface area contributed by atoms with Gasteiger partial charge in [0.25, 0.3) is 0 Å². The lowest BCUT2D eigenvalue weighted by atomic mass is 9.83. The number of aromatic amines is 1. The number of hydrogen-bond donors (Lipinski definition) is 2. The van der Waals surface area contributed by atoms with Crippen molar-refractivity contribution in [3.63, 3.8) is 0 Å². The van der Waals surface area contributed by atoms with Crippen LogP contribution in [-0.4, -0.2) is 24.8 Å². The fourth-order valence-corrected chi connectivity index (χ4v) is 2.54. The van der Waals surface area contributed by atoms with Gasteiger partial charge in [0.2, 0.25) is 0 Å². The van der Waals surface area contributed by atoms with E-state index >= 15 is 0 Å². The molecule has 1 aliphatic carbocycles. The molecule has 1 aliphatic rings. The predicted octanol–water partition coefficient (Wildman–Crippen LogP) is 2.77. The predicted molar refractivity (Wildman–Crippen MR) is 76.2 cm³/mol. The van der Waals surface area contributed by atoms with Crippen LogP contribution in [0.15, 0.2) is 24.5 Å². The number of fused-ring (bicyclic) bond motifs is 1. The maximum atomic E-state index is 4.65. The van der Waals surface area contributed by atoms with Crippen molar-refractivity contribution in [3.8, 4) is 0 Å². The highest BCUT2D eigenvalue weighted by molar-refractivity contribution is 5.72. The summed E-state index contributed by atoms with van der Waals surface area (Å²) in [5, 5.41) is 15.0. The first-order chi connectivity index (χ1) is 9.79. The molecule has 0 spiro atoms. The zero-order valence-electron chi connectivity index (χ0n) is 11.3. The third kappa shape index (κ3) is 1.84. The molecule has 20 heavy (non-hydrogen) atoms. The summed E-state index contributed by atoms with van der Waals surface area (Å²) in [6.45, 7) is 1.97. The number of nitrogens with zero attached hydrogens (tertiary/aromatic N) is 4. The molecule has 3 aromatic heterocycles. The van der Waals surface area contributed by atoms with Gasteiger partial charge in [-0.3, -0.25) is 5.10 Å². The van der Waals surface area contributed by atoms with Gasteiger partial charge in [-0.05, 0) is 25.8 Å². The molecule has 1 saturated carbocycles. The molecule has 1 fully saturated rings. The zero-order chi connectivity index (χ0) is 13.5. The van der Waals surface area contributed by atoms with Crippen molar-refractivity contribution in [2.45, 2.75) is 32.1 Å². The number of aromatic nitrogens is 5. The second-order valence-corrected chi connectivity index (χ2v) is 5.36. The normalized spacial score (nSPS) is 15.4. The molecule has 0 amide bonds. The number of hydrogen-bond acceptors (Lipinski definition) is 4. The third-order valence-electron chi connectivity index (χ3n) is 3.88. The lowest BCUT2D eigenvalue weighted by Gasteiger charge is -2.22. The van der Waals surface area contributed by atoms with Gasteiger partial charge < -0.3 is 5.32 Å². The summed E-state index contributed by atoms with van der Waals surface area (Å²) in [6.07, 6.45) is 7.45. The maximum absolute atomic E-state index is 4.65. The Kier molecular flexibility index (Phi) is 2.48. The Morgan fingerprint density at radius 2 is 2.25 bits per heavy atom. The van der Waals surface area contributed by atoms with Gasteiger partial charge in [-0.25, -0.2) is 9.50 Å². The van der Waals surface area contributed by atoms with Crippen molar-refractivity contribution in [2.24, 2.45) is 0 Å². The van der Waals surface area contributed by atoms with Crippen molar-refractivity contribution in [2.75, 3.05) is 5.32 Å². The van der Waals surface area contributed by atoms with Gasteiger partial charge in [0.15, 0.2) is 11.6 Å². The van der Waals surface area contributed by atoms with Crippen LogP contribution < -0.4 is 5.32 Å². The molecule has 6 nitrogen and oxygen atoms in total. The molecule has 2 N–H and O–H groups in total. The van der Waals surface area contributed by atoms with Gasteiger partial charge in [0, 0.05) is 30.1 Å². The fraction of sp³-hybridized carbons (Fsp3) is 0.357. The van der Waals surface area contributed by atoms with E-state index in [4.69, 9.17) is 0 Å². The number of rotatable bonds is 3. The van der Waals surface area contributed by atoms with Crippen molar-refractivity contribution in [1.29, 1.82) is 0 Å². The van der Waals surface area contributed by atoms with Crippen molar-refractivity contribution in [3.05, 3.63) is 35.9 Å². The Labute approximate surface area is 116 Å². The van der Waals surface area contributed by atoms with Crippen LogP contribution in [0, 0.1) is 6.92 Å². The summed E-state index contributed by atoms with van der Waals surface area (Å²) in [6, 6.07) is 4.09. The molecular formula is C14H16N6. The molecule has 0 aromatic carbocycles. The maximum Gasteiger partial charge on any atom is 0.157 e. The molecule has 0 saturated heterocycles. The summed E-state index contributed by atoms with van der Waals surface area (Å²) in [4.78, 5) is 4.40. The van der Waals surface area contributed by atoms with Crippen LogP contribution in [0.2, 0.25) is 0 Å². The Hall–Kier alpha value is -2.37. The summed E-state index contributed by atoms with van der Waals surface area (Å²) in [5.41, 5.74) is 3.18. The summed E-state index contributed by atoms with van der Waals surface area (Å²) in [7, 11) is 0. The van der Waals surface area contributed by atoms with Gasteiger partial charge >= 0.3 is 0 Å². The van der Waals surface area contributed by atoms with Crippen LogP contribution in [-0.2, 0) is 0 Å². The number of H-pyrrole nitrogens is 1. The summed E-state index contributed by atoms with van der Waals surface area (Å²) in [5.74, 6) is 2.18. The summed E-state index contributed by atoms with van der Waals surface area (Å²) < 4.78 is 1.89. The molecular weight excluding hydrogens is 252 g/mol. The van der Waals surface area contributed by atoms with Crippen LogP contribution in [0.3, 0.4) is 0 Å². The molecule has 102 valence electrons. The van der Waals surface area contributed by atoms with Crippen LogP contribution in [0.5, 0.6) is 0 Å². The monoisotopic (exact) mass is 268 g/mol. The fourth-order valence-electron chi connectivity index (χ4n) is 2.54. The molecule has 0 atom stereocenters. The number of anilines is 2. The first kappa shape index (κ1) is 11.5. The highest BCUT2D eigenvalue weighted by Crippen LogP contribution is 2.36. The van der Waals surface area contributed by atoms with Crippen molar-refractivity contribution >= 4 is 17.2 Å². The van der Waals surface area contributed by atoms with Crippen LogP contribution in [0.1, 0.15) is 36.6 Å². The molecule has 0 radical (unpaired) electrons. The van der Waals surface area contributed by atoms with Gasteiger partial charge in [-0.2, -0.15) is 10.2 Å². The lowest BCUT2D eigenvalue weighted by molar-refractivity contribution is 0.409. The molecule has 0 bridgehead atoms. The zero-order valence-corrected chi connectivity index (χ0v) is 11.3. The van der Waals surface area contributed by atoms with Gasteiger partial charge in [0.05, 0.1) is 5.69 Å². The lowest BCUT2D eigenvalue weighted by Crippen LogP contribution is -2.09. The number of nitrogens with one attached hydrogen (secondary N) is 2. The van der Waals surface area contributed by atoms with Gasteiger partial charge in [-0.1, -0.05) is 6.42 Å². The van der Waals surface area contributed by atoms with Gasteiger partial charge in [0.1, 0.15) is 5.52 Å². The first-order valence-corrected chi connectivity index (χ1v) is 6.93. The molecule has 6 heteroatoms. The van der Waals surface area contributed by atoms with E-state index in [-0.39, 0.29) is 0 Å².